The average Bonchev–Trinajstić information content (AvgIpc) is 2.74. The summed E-state index contributed by atoms with van der Waals surface area (Å²) in [5.41, 5.74) is 1.73. The molecule has 29 heavy (non-hydrogen) atoms. The number of aliphatic imine (C=N–C) groups is 1. The highest BCUT2D eigenvalue weighted by Crippen LogP contribution is 2.20. The van der Waals surface area contributed by atoms with Gasteiger partial charge in [-0.3, -0.25) is 4.99 Å². The summed E-state index contributed by atoms with van der Waals surface area (Å²) in [5, 5.41) is 3.20. The van der Waals surface area contributed by atoms with Gasteiger partial charge in [-0.15, -0.1) is 0 Å². The number of halogens is 3. The highest BCUT2D eigenvalue weighted by Gasteiger charge is 2.29. The summed E-state index contributed by atoms with van der Waals surface area (Å²) in [4.78, 5) is 12.7. The molecule has 2 heterocycles. The van der Waals surface area contributed by atoms with E-state index >= 15 is 0 Å². The van der Waals surface area contributed by atoms with Crippen LogP contribution in [-0.2, 0) is 6.54 Å². The Morgan fingerprint density at radius 3 is 2.48 bits per heavy atom. The van der Waals surface area contributed by atoms with E-state index in [1.165, 1.54) is 11.9 Å². The fourth-order valence-corrected chi connectivity index (χ4v) is 3.16. The Kier molecular flexibility index (Phi) is 6.79. The van der Waals surface area contributed by atoms with Crippen LogP contribution in [0.1, 0.15) is 5.56 Å². The van der Waals surface area contributed by atoms with E-state index in [4.69, 9.17) is 4.74 Å². The summed E-state index contributed by atoms with van der Waals surface area (Å²) >= 11 is 0. The SMILES string of the molecule is CN=C(NCc1cccnc1OCC(F)(F)F)N1CCN(c2ccccc2)CC1. The molecule has 1 N–H and O–H groups in total. The van der Waals surface area contributed by atoms with Crippen LogP contribution in [0.15, 0.2) is 53.7 Å². The van der Waals surface area contributed by atoms with Crippen molar-refractivity contribution in [1.82, 2.24) is 15.2 Å². The lowest BCUT2D eigenvalue weighted by Crippen LogP contribution is -2.52. The van der Waals surface area contributed by atoms with Gasteiger partial charge in [-0.05, 0) is 18.2 Å². The summed E-state index contributed by atoms with van der Waals surface area (Å²) < 4.78 is 42.2. The molecule has 2 aromatic rings. The monoisotopic (exact) mass is 407 g/mol. The van der Waals surface area contributed by atoms with Crippen molar-refractivity contribution in [2.75, 3.05) is 44.7 Å². The lowest BCUT2D eigenvalue weighted by atomic mass is 10.2. The number of guanidine groups is 1. The molecule has 9 heteroatoms. The number of para-hydroxylation sites is 1. The maximum atomic E-state index is 12.4. The summed E-state index contributed by atoms with van der Waals surface area (Å²) in [6.07, 6.45) is -3.00. The van der Waals surface area contributed by atoms with Gasteiger partial charge in [0, 0.05) is 57.2 Å². The second kappa shape index (κ2) is 9.49. The Bertz CT molecular complexity index is 805. The third kappa shape index (κ3) is 6.00. The van der Waals surface area contributed by atoms with Gasteiger partial charge in [0.25, 0.3) is 0 Å². The van der Waals surface area contributed by atoms with Crippen molar-refractivity contribution in [2.45, 2.75) is 12.7 Å². The first kappa shape index (κ1) is 20.8. The molecule has 0 aliphatic carbocycles. The maximum absolute atomic E-state index is 12.4. The molecule has 0 saturated carbocycles. The molecule has 0 radical (unpaired) electrons. The number of hydrogen-bond donors (Lipinski definition) is 1. The van der Waals surface area contributed by atoms with Crippen LogP contribution in [0.4, 0.5) is 18.9 Å². The third-order valence-electron chi connectivity index (χ3n) is 4.57. The fourth-order valence-electron chi connectivity index (χ4n) is 3.16. The Labute approximate surface area is 168 Å². The summed E-state index contributed by atoms with van der Waals surface area (Å²) in [6.45, 7) is 2.20. The first-order chi connectivity index (χ1) is 14.0. The number of anilines is 1. The van der Waals surface area contributed by atoms with Crippen LogP contribution in [-0.4, -0.2) is 61.9 Å². The normalized spacial score (nSPS) is 15.4. The highest BCUT2D eigenvalue weighted by atomic mass is 19.4. The average molecular weight is 407 g/mol. The van der Waals surface area contributed by atoms with E-state index in [9.17, 15) is 13.2 Å². The Morgan fingerprint density at radius 2 is 1.83 bits per heavy atom. The van der Waals surface area contributed by atoms with E-state index in [1.807, 2.05) is 18.2 Å². The van der Waals surface area contributed by atoms with Crippen molar-refractivity contribution < 1.29 is 17.9 Å². The van der Waals surface area contributed by atoms with Crippen molar-refractivity contribution >= 4 is 11.6 Å². The number of hydrogen-bond acceptors (Lipinski definition) is 4. The Hall–Kier alpha value is -2.97. The second-order valence-electron chi connectivity index (χ2n) is 6.58. The van der Waals surface area contributed by atoms with Gasteiger partial charge >= 0.3 is 6.18 Å². The second-order valence-corrected chi connectivity index (χ2v) is 6.58. The number of pyridine rings is 1. The van der Waals surface area contributed by atoms with Crippen molar-refractivity contribution in [1.29, 1.82) is 0 Å². The van der Waals surface area contributed by atoms with Crippen molar-refractivity contribution in [3.8, 4) is 5.88 Å². The predicted molar refractivity (Wildman–Crippen MR) is 106 cm³/mol. The zero-order chi connectivity index (χ0) is 20.7. The molecule has 1 aromatic heterocycles. The van der Waals surface area contributed by atoms with Gasteiger partial charge in [0.15, 0.2) is 12.6 Å². The van der Waals surface area contributed by atoms with E-state index in [0.717, 1.165) is 26.2 Å². The van der Waals surface area contributed by atoms with Crippen LogP contribution < -0.4 is 15.0 Å². The molecular formula is C20H24F3N5O. The van der Waals surface area contributed by atoms with Gasteiger partial charge in [-0.25, -0.2) is 4.98 Å². The summed E-state index contributed by atoms with van der Waals surface area (Å²) in [6, 6.07) is 13.6. The largest absolute Gasteiger partial charge is 0.468 e. The summed E-state index contributed by atoms with van der Waals surface area (Å²) in [7, 11) is 1.69. The fraction of sp³-hybridized carbons (Fsp3) is 0.400. The van der Waals surface area contributed by atoms with Crippen LogP contribution in [0.5, 0.6) is 5.88 Å². The zero-order valence-corrected chi connectivity index (χ0v) is 16.2. The minimum absolute atomic E-state index is 0.0262. The minimum atomic E-state index is -4.41. The molecule has 1 fully saturated rings. The number of nitrogens with zero attached hydrogens (tertiary/aromatic N) is 4. The smallest absolute Gasteiger partial charge is 0.422 e. The Balaban J connectivity index is 1.55. The van der Waals surface area contributed by atoms with E-state index in [-0.39, 0.29) is 12.4 Å². The van der Waals surface area contributed by atoms with Crippen molar-refractivity contribution in [2.24, 2.45) is 4.99 Å². The molecule has 1 saturated heterocycles. The molecule has 6 nitrogen and oxygen atoms in total. The van der Waals surface area contributed by atoms with Gasteiger partial charge in [0.2, 0.25) is 5.88 Å². The number of piperazine rings is 1. The van der Waals surface area contributed by atoms with Crippen LogP contribution in [0.3, 0.4) is 0 Å². The summed E-state index contributed by atoms with van der Waals surface area (Å²) in [5.74, 6) is 0.671. The highest BCUT2D eigenvalue weighted by molar-refractivity contribution is 5.80. The topological polar surface area (TPSA) is 53.0 Å². The minimum Gasteiger partial charge on any atom is -0.468 e. The predicted octanol–water partition coefficient (Wildman–Crippen LogP) is 2.92. The van der Waals surface area contributed by atoms with Gasteiger partial charge in [0.1, 0.15) is 0 Å². The number of alkyl halides is 3. The van der Waals surface area contributed by atoms with Gasteiger partial charge in [-0.2, -0.15) is 13.2 Å². The maximum Gasteiger partial charge on any atom is 0.422 e. The molecule has 0 amide bonds. The molecule has 1 aromatic carbocycles. The lowest BCUT2D eigenvalue weighted by molar-refractivity contribution is -0.154. The number of nitrogens with one attached hydrogen (secondary N) is 1. The number of benzene rings is 1. The first-order valence-electron chi connectivity index (χ1n) is 9.35. The van der Waals surface area contributed by atoms with E-state index in [0.29, 0.717) is 11.5 Å². The molecule has 0 unspecified atom stereocenters. The van der Waals surface area contributed by atoms with Crippen LogP contribution in [0.25, 0.3) is 0 Å². The van der Waals surface area contributed by atoms with Gasteiger partial charge in [0.05, 0.1) is 0 Å². The molecule has 0 atom stereocenters. The number of ether oxygens (including phenoxy) is 1. The molecule has 156 valence electrons. The van der Waals surface area contributed by atoms with E-state index in [1.54, 1.807) is 19.2 Å². The van der Waals surface area contributed by atoms with Crippen LogP contribution in [0, 0.1) is 0 Å². The lowest BCUT2D eigenvalue weighted by Gasteiger charge is -2.37. The van der Waals surface area contributed by atoms with Crippen LogP contribution >= 0.6 is 0 Å². The van der Waals surface area contributed by atoms with Crippen molar-refractivity contribution in [3.05, 3.63) is 54.2 Å². The van der Waals surface area contributed by atoms with Gasteiger partial charge in [-0.1, -0.05) is 24.3 Å². The molecule has 1 aliphatic rings. The quantitative estimate of drug-likeness (QED) is 0.610. The third-order valence-corrected chi connectivity index (χ3v) is 4.57. The van der Waals surface area contributed by atoms with Gasteiger partial charge < -0.3 is 19.9 Å². The van der Waals surface area contributed by atoms with E-state index in [2.05, 4.69) is 37.2 Å². The number of aromatic nitrogens is 1. The Morgan fingerprint density at radius 1 is 1.10 bits per heavy atom. The zero-order valence-electron chi connectivity index (χ0n) is 16.2. The standard InChI is InChI=1S/C20H24F3N5O/c1-24-19(28-12-10-27(11-13-28)17-7-3-2-4-8-17)26-14-16-6-5-9-25-18(16)29-15-20(21,22)23/h2-9H,10-15H2,1H3,(H,24,26). The van der Waals surface area contributed by atoms with E-state index < -0.39 is 12.8 Å². The molecule has 0 bridgehead atoms. The number of rotatable bonds is 5. The molecule has 1 aliphatic heterocycles. The first-order valence-corrected chi connectivity index (χ1v) is 9.35. The van der Waals surface area contributed by atoms with Crippen LogP contribution in [0.2, 0.25) is 0 Å². The molecule has 3 rings (SSSR count). The molecule has 0 spiro atoms. The molecular weight excluding hydrogens is 383 g/mol. The van der Waals surface area contributed by atoms with Crippen molar-refractivity contribution in [3.63, 3.8) is 0 Å².